The summed E-state index contributed by atoms with van der Waals surface area (Å²) in [4.78, 5) is 19.4. The van der Waals surface area contributed by atoms with Crippen molar-refractivity contribution in [2.75, 3.05) is 27.3 Å². The van der Waals surface area contributed by atoms with Gasteiger partial charge >= 0.3 is 0 Å². The highest BCUT2D eigenvalue weighted by atomic mass is 32.2. The minimum Gasteiger partial charge on any atom is -0.497 e. The van der Waals surface area contributed by atoms with Crippen LogP contribution in [0.15, 0.2) is 28.1 Å². The van der Waals surface area contributed by atoms with E-state index in [1.54, 1.807) is 14.2 Å². The van der Waals surface area contributed by atoms with Crippen LogP contribution >= 0.6 is 11.8 Å². The zero-order chi connectivity index (χ0) is 17.1. The van der Waals surface area contributed by atoms with E-state index in [0.717, 1.165) is 36.0 Å². The number of amidine groups is 1. The Morgan fingerprint density at radius 3 is 2.88 bits per heavy atom. The van der Waals surface area contributed by atoms with E-state index < -0.39 is 0 Å². The van der Waals surface area contributed by atoms with E-state index in [-0.39, 0.29) is 5.91 Å². The molecule has 0 N–H and O–H groups in total. The van der Waals surface area contributed by atoms with Gasteiger partial charge in [0.1, 0.15) is 11.5 Å². The summed E-state index contributed by atoms with van der Waals surface area (Å²) in [5, 5.41) is 0.819. The van der Waals surface area contributed by atoms with Crippen molar-refractivity contribution in [3.8, 4) is 11.5 Å². The number of methoxy groups -OCH3 is 2. The third kappa shape index (κ3) is 3.59. The molecule has 0 bridgehead atoms. The molecule has 0 aromatic heterocycles. The van der Waals surface area contributed by atoms with E-state index in [1.165, 1.54) is 18.2 Å². The molecule has 1 aromatic carbocycles. The number of thioether (sulfide) groups is 1. The Bertz CT molecular complexity index is 700. The van der Waals surface area contributed by atoms with E-state index >= 15 is 0 Å². The molecule has 1 fully saturated rings. The molecule has 128 valence electrons. The van der Waals surface area contributed by atoms with E-state index in [4.69, 9.17) is 9.47 Å². The normalized spacial score (nSPS) is 22.7. The zero-order valence-corrected chi connectivity index (χ0v) is 15.1. The number of likely N-dealkylation sites (tertiary alicyclic amines) is 1. The zero-order valence-electron chi connectivity index (χ0n) is 14.2. The molecule has 1 amide bonds. The van der Waals surface area contributed by atoms with Crippen LogP contribution in [0.5, 0.6) is 11.5 Å². The highest BCUT2D eigenvalue weighted by Gasteiger charge is 2.28. The minimum absolute atomic E-state index is 0.182. The quantitative estimate of drug-likeness (QED) is 0.785. The second kappa shape index (κ2) is 7.30. The molecule has 6 heteroatoms. The molecule has 2 heterocycles. The Labute approximate surface area is 146 Å². The average Bonchev–Trinajstić information content (AvgIpc) is 2.95. The number of rotatable bonds is 3. The monoisotopic (exact) mass is 346 g/mol. The van der Waals surface area contributed by atoms with Crippen LogP contribution in [-0.2, 0) is 4.79 Å². The van der Waals surface area contributed by atoms with Crippen molar-refractivity contribution < 1.29 is 14.3 Å². The number of amides is 1. The fourth-order valence-corrected chi connectivity index (χ4v) is 3.93. The predicted octanol–water partition coefficient (Wildman–Crippen LogP) is 3.41. The number of ether oxygens (including phenoxy) is 2. The summed E-state index contributed by atoms with van der Waals surface area (Å²) in [5.74, 6) is 1.89. The summed E-state index contributed by atoms with van der Waals surface area (Å²) in [6.07, 6.45) is 4.22. The highest BCUT2D eigenvalue weighted by molar-refractivity contribution is 8.18. The van der Waals surface area contributed by atoms with Gasteiger partial charge in [-0.1, -0.05) is 6.92 Å². The van der Waals surface area contributed by atoms with Gasteiger partial charge in [-0.3, -0.25) is 4.79 Å². The van der Waals surface area contributed by atoms with Gasteiger partial charge in [-0.05, 0) is 54.8 Å². The fourth-order valence-electron chi connectivity index (χ4n) is 2.99. The summed E-state index contributed by atoms with van der Waals surface area (Å²) >= 11 is 1.45. The molecule has 24 heavy (non-hydrogen) atoms. The maximum atomic E-state index is 12.3. The van der Waals surface area contributed by atoms with Crippen molar-refractivity contribution in [2.45, 2.75) is 19.8 Å². The average molecular weight is 346 g/mol. The van der Waals surface area contributed by atoms with Gasteiger partial charge in [-0.2, -0.15) is 4.99 Å². The molecule has 1 aromatic rings. The topological polar surface area (TPSA) is 51.1 Å². The van der Waals surface area contributed by atoms with Gasteiger partial charge in [0.25, 0.3) is 5.91 Å². The molecule has 1 saturated heterocycles. The number of carbonyl (C=O) groups excluding carboxylic acids is 1. The first-order chi connectivity index (χ1) is 11.6. The van der Waals surface area contributed by atoms with E-state index in [1.807, 2.05) is 24.3 Å². The van der Waals surface area contributed by atoms with E-state index in [9.17, 15) is 4.79 Å². The van der Waals surface area contributed by atoms with Crippen LogP contribution < -0.4 is 9.47 Å². The molecule has 0 spiro atoms. The van der Waals surface area contributed by atoms with Crippen molar-refractivity contribution in [3.63, 3.8) is 0 Å². The van der Waals surface area contributed by atoms with Crippen LogP contribution in [0, 0.1) is 5.92 Å². The van der Waals surface area contributed by atoms with Crippen molar-refractivity contribution in [2.24, 2.45) is 10.9 Å². The van der Waals surface area contributed by atoms with Gasteiger partial charge in [0.05, 0.1) is 19.1 Å². The maximum absolute atomic E-state index is 12.3. The van der Waals surface area contributed by atoms with Crippen LogP contribution in [-0.4, -0.2) is 43.3 Å². The van der Waals surface area contributed by atoms with Crippen molar-refractivity contribution >= 4 is 28.9 Å². The molecule has 2 aliphatic rings. The molecular formula is C18H22N2O3S. The van der Waals surface area contributed by atoms with Crippen molar-refractivity contribution in [1.29, 1.82) is 0 Å². The van der Waals surface area contributed by atoms with Crippen LogP contribution in [0.3, 0.4) is 0 Å². The van der Waals surface area contributed by atoms with E-state index in [2.05, 4.69) is 16.8 Å². The van der Waals surface area contributed by atoms with Crippen molar-refractivity contribution in [3.05, 3.63) is 28.7 Å². The second-order valence-corrected chi connectivity index (χ2v) is 7.12. The Kier molecular flexibility index (Phi) is 5.14. The largest absolute Gasteiger partial charge is 0.497 e. The molecule has 3 rings (SSSR count). The van der Waals surface area contributed by atoms with Gasteiger partial charge in [-0.25, -0.2) is 0 Å². The standard InChI is InChI=1S/C18H22N2O3S/c1-12-5-4-8-20(11-12)18-19-17(21)16(24-18)10-13-9-14(22-2)6-7-15(13)23-3/h6-7,9-10,12H,4-5,8,11H2,1-3H3/b16-10+/t12-/m1/s1. The number of piperidine rings is 1. The van der Waals surface area contributed by atoms with Crippen LogP contribution in [0.4, 0.5) is 0 Å². The number of nitrogens with zero attached hydrogens (tertiary/aromatic N) is 2. The maximum Gasteiger partial charge on any atom is 0.286 e. The van der Waals surface area contributed by atoms with Gasteiger partial charge < -0.3 is 14.4 Å². The Morgan fingerprint density at radius 1 is 1.33 bits per heavy atom. The number of aliphatic imine (C=N–C) groups is 1. The summed E-state index contributed by atoms with van der Waals surface area (Å²) in [5.41, 5.74) is 0.816. The molecule has 5 nitrogen and oxygen atoms in total. The summed E-state index contributed by atoms with van der Waals surface area (Å²) in [7, 11) is 3.23. The van der Waals surface area contributed by atoms with Crippen LogP contribution in [0.1, 0.15) is 25.3 Å². The Balaban J connectivity index is 1.82. The molecule has 0 aliphatic carbocycles. The fraction of sp³-hybridized carbons (Fsp3) is 0.444. The lowest BCUT2D eigenvalue weighted by Crippen LogP contribution is -2.37. The van der Waals surface area contributed by atoms with Gasteiger partial charge in [0.2, 0.25) is 0 Å². The lowest BCUT2D eigenvalue weighted by Gasteiger charge is -2.31. The lowest BCUT2D eigenvalue weighted by atomic mass is 10.0. The first-order valence-electron chi connectivity index (χ1n) is 8.10. The number of hydrogen-bond donors (Lipinski definition) is 0. The van der Waals surface area contributed by atoms with Gasteiger partial charge in [0, 0.05) is 18.7 Å². The molecule has 1 atom stereocenters. The summed E-state index contributed by atoms with van der Waals surface area (Å²) in [6.45, 7) is 4.18. The van der Waals surface area contributed by atoms with Crippen LogP contribution in [0.25, 0.3) is 6.08 Å². The summed E-state index contributed by atoms with van der Waals surface area (Å²) in [6, 6.07) is 5.53. The third-order valence-corrected chi connectivity index (χ3v) is 5.30. The Hall–Kier alpha value is -1.95. The van der Waals surface area contributed by atoms with Gasteiger partial charge in [0.15, 0.2) is 5.17 Å². The number of hydrogen-bond acceptors (Lipinski definition) is 5. The molecule has 2 aliphatic heterocycles. The van der Waals surface area contributed by atoms with Crippen molar-refractivity contribution in [1.82, 2.24) is 4.90 Å². The molecule has 0 saturated carbocycles. The molecule has 0 radical (unpaired) electrons. The number of benzene rings is 1. The van der Waals surface area contributed by atoms with Crippen LogP contribution in [0.2, 0.25) is 0 Å². The number of carbonyl (C=O) groups is 1. The SMILES string of the molecule is COc1ccc(OC)c(/C=C2/SC(N3CCC[C@@H](C)C3)=NC2=O)c1. The smallest absolute Gasteiger partial charge is 0.286 e. The predicted molar refractivity (Wildman–Crippen MR) is 97.5 cm³/mol. The minimum atomic E-state index is -0.182. The second-order valence-electron chi connectivity index (χ2n) is 6.11. The lowest BCUT2D eigenvalue weighted by molar-refractivity contribution is -0.113. The highest BCUT2D eigenvalue weighted by Crippen LogP contribution is 2.34. The first-order valence-corrected chi connectivity index (χ1v) is 8.92. The Morgan fingerprint density at radius 2 is 2.17 bits per heavy atom. The van der Waals surface area contributed by atoms with Gasteiger partial charge in [-0.15, -0.1) is 0 Å². The molecular weight excluding hydrogens is 324 g/mol. The third-order valence-electron chi connectivity index (χ3n) is 4.26. The first kappa shape index (κ1) is 16.9. The molecule has 0 unspecified atom stereocenters. The van der Waals surface area contributed by atoms with E-state index in [0.29, 0.717) is 16.6 Å². The summed E-state index contributed by atoms with van der Waals surface area (Å²) < 4.78 is 10.6.